The summed E-state index contributed by atoms with van der Waals surface area (Å²) in [5, 5.41) is 0. The summed E-state index contributed by atoms with van der Waals surface area (Å²) < 4.78 is 0. The van der Waals surface area contributed by atoms with Crippen molar-refractivity contribution in [3.63, 3.8) is 0 Å². The van der Waals surface area contributed by atoms with Gasteiger partial charge in [-0.2, -0.15) is 0 Å². The van der Waals surface area contributed by atoms with E-state index in [4.69, 9.17) is 0 Å². The van der Waals surface area contributed by atoms with Gasteiger partial charge >= 0.3 is 0 Å². The summed E-state index contributed by atoms with van der Waals surface area (Å²) in [6.07, 6.45) is 11.1. The van der Waals surface area contributed by atoms with Gasteiger partial charge in [0.1, 0.15) is 5.78 Å². The molecule has 1 aliphatic carbocycles. The van der Waals surface area contributed by atoms with Crippen molar-refractivity contribution in [1.29, 1.82) is 0 Å². The normalized spacial score (nSPS) is 27.3. The lowest BCUT2D eigenvalue weighted by atomic mass is 10.1. The highest BCUT2D eigenvalue weighted by Crippen LogP contribution is 2.23. The van der Waals surface area contributed by atoms with E-state index in [-0.39, 0.29) is 0 Å². The van der Waals surface area contributed by atoms with Crippen LogP contribution in [0.15, 0.2) is 0 Å². The molecule has 0 aromatic rings. The van der Waals surface area contributed by atoms with Gasteiger partial charge in [0.25, 0.3) is 0 Å². The van der Waals surface area contributed by atoms with Gasteiger partial charge in [-0.1, -0.05) is 25.7 Å². The maximum Gasteiger partial charge on any atom is 0.134 e. The molecule has 2 rings (SSSR count). The van der Waals surface area contributed by atoms with E-state index in [9.17, 15) is 4.79 Å². The van der Waals surface area contributed by atoms with Gasteiger partial charge in [0, 0.05) is 25.4 Å². The standard InChI is InChI=1S/C13H23NO/c15-13-8-5-10-14(11-9-13)12-6-3-1-2-4-7-12/h12H,1-11H2. The number of hydrogen-bond acceptors (Lipinski definition) is 2. The largest absolute Gasteiger partial charge is 0.300 e. The van der Waals surface area contributed by atoms with Gasteiger partial charge < -0.3 is 0 Å². The first-order valence-electron chi connectivity index (χ1n) is 6.62. The van der Waals surface area contributed by atoms with E-state index in [0.29, 0.717) is 5.78 Å². The molecule has 1 saturated carbocycles. The number of nitrogens with zero attached hydrogens (tertiary/aromatic N) is 1. The van der Waals surface area contributed by atoms with Crippen LogP contribution in [0.1, 0.15) is 57.8 Å². The number of ketones is 1. The average molecular weight is 209 g/mol. The van der Waals surface area contributed by atoms with E-state index >= 15 is 0 Å². The van der Waals surface area contributed by atoms with E-state index in [0.717, 1.165) is 38.4 Å². The van der Waals surface area contributed by atoms with Gasteiger partial charge in [-0.3, -0.25) is 9.69 Å². The lowest BCUT2D eigenvalue weighted by molar-refractivity contribution is -0.118. The predicted octanol–water partition coefficient (Wildman–Crippen LogP) is 2.76. The van der Waals surface area contributed by atoms with Gasteiger partial charge in [0.05, 0.1) is 0 Å². The van der Waals surface area contributed by atoms with Crippen LogP contribution in [0.5, 0.6) is 0 Å². The van der Waals surface area contributed by atoms with Gasteiger partial charge in [0.15, 0.2) is 0 Å². The minimum absolute atomic E-state index is 0.478. The number of hydrogen-bond donors (Lipinski definition) is 0. The Morgan fingerprint density at radius 3 is 2.33 bits per heavy atom. The molecule has 2 heteroatoms. The number of likely N-dealkylation sites (tertiary alicyclic amines) is 1. The van der Waals surface area contributed by atoms with Crippen molar-refractivity contribution in [2.75, 3.05) is 13.1 Å². The van der Waals surface area contributed by atoms with E-state index in [1.54, 1.807) is 0 Å². The third kappa shape index (κ3) is 3.30. The molecule has 2 aliphatic rings. The number of carbonyl (C=O) groups excluding carboxylic acids is 1. The van der Waals surface area contributed by atoms with Crippen molar-refractivity contribution >= 4 is 5.78 Å². The van der Waals surface area contributed by atoms with Crippen LogP contribution in [-0.4, -0.2) is 29.8 Å². The summed E-state index contributed by atoms with van der Waals surface area (Å²) in [5.74, 6) is 0.478. The Morgan fingerprint density at radius 1 is 0.867 bits per heavy atom. The van der Waals surface area contributed by atoms with Crippen molar-refractivity contribution in [2.24, 2.45) is 0 Å². The molecule has 1 heterocycles. The molecular weight excluding hydrogens is 186 g/mol. The fourth-order valence-electron chi connectivity index (χ4n) is 2.97. The van der Waals surface area contributed by atoms with Crippen molar-refractivity contribution in [2.45, 2.75) is 63.8 Å². The van der Waals surface area contributed by atoms with E-state index in [2.05, 4.69) is 4.90 Å². The molecule has 0 bridgehead atoms. The molecule has 2 nitrogen and oxygen atoms in total. The van der Waals surface area contributed by atoms with Crippen LogP contribution in [0.3, 0.4) is 0 Å². The Morgan fingerprint density at radius 2 is 1.60 bits per heavy atom. The summed E-state index contributed by atoms with van der Waals surface area (Å²) in [6, 6.07) is 0.790. The zero-order chi connectivity index (χ0) is 10.5. The molecule has 86 valence electrons. The molecule has 15 heavy (non-hydrogen) atoms. The van der Waals surface area contributed by atoms with Crippen LogP contribution >= 0.6 is 0 Å². The lowest BCUT2D eigenvalue weighted by Crippen LogP contribution is -2.35. The van der Waals surface area contributed by atoms with Crippen LogP contribution in [0.2, 0.25) is 0 Å². The second-order valence-electron chi connectivity index (χ2n) is 5.07. The monoisotopic (exact) mass is 209 g/mol. The van der Waals surface area contributed by atoms with Crippen molar-refractivity contribution < 1.29 is 4.79 Å². The third-order valence-corrected chi connectivity index (χ3v) is 3.92. The highest BCUT2D eigenvalue weighted by atomic mass is 16.1. The second-order valence-corrected chi connectivity index (χ2v) is 5.07. The third-order valence-electron chi connectivity index (χ3n) is 3.92. The fourth-order valence-corrected chi connectivity index (χ4v) is 2.97. The molecule has 0 aromatic carbocycles. The lowest BCUT2D eigenvalue weighted by Gasteiger charge is -2.29. The van der Waals surface area contributed by atoms with Crippen LogP contribution in [-0.2, 0) is 4.79 Å². The van der Waals surface area contributed by atoms with Crippen LogP contribution < -0.4 is 0 Å². The molecule has 0 N–H and O–H groups in total. The molecule has 1 saturated heterocycles. The topological polar surface area (TPSA) is 20.3 Å². The average Bonchev–Trinajstić information content (AvgIpc) is 2.59. The quantitative estimate of drug-likeness (QED) is 0.619. The first kappa shape index (κ1) is 11.1. The summed E-state index contributed by atoms with van der Waals surface area (Å²) >= 11 is 0. The fraction of sp³-hybridized carbons (Fsp3) is 0.923. The van der Waals surface area contributed by atoms with E-state index < -0.39 is 0 Å². The van der Waals surface area contributed by atoms with Gasteiger partial charge in [-0.25, -0.2) is 0 Å². The van der Waals surface area contributed by atoms with Gasteiger partial charge in [-0.05, 0) is 25.8 Å². The highest BCUT2D eigenvalue weighted by molar-refractivity contribution is 5.78. The van der Waals surface area contributed by atoms with Crippen LogP contribution in [0.4, 0.5) is 0 Å². The van der Waals surface area contributed by atoms with Crippen LogP contribution in [0, 0.1) is 0 Å². The van der Waals surface area contributed by atoms with E-state index in [1.165, 1.54) is 38.5 Å². The van der Waals surface area contributed by atoms with Crippen LogP contribution in [0.25, 0.3) is 0 Å². The molecule has 0 unspecified atom stereocenters. The Balaban J connectivity index is 1.87. The summed E-state index contributed by atoms with van der Waals surface area (Å²) in [6.45, 7) is 2.19. The molecule has 1 aliphatic heterocycles. The summed E-state index contributed by atoms with van der Waals surface area (Å²) in [4.78, 5) is 13.9. The highest BCUT2D eigenvalue weighted by Gasteiger charge is 2.22. The minimum Gasteiger partial charge on any atom is -0.300 e. The SMILES string of the molecule is O=C1CCCN(C2CCCCCC2)CC1. The molecule has 0 amide bonds. The molecule has 2 fully saturated rings. The zero-order valence-electron chi connectivity index (χ0n) is 9.71. The predicted molar refractivity (Wildman–Crippen MR) is 61.9 cm³/mol. The molecule has 0 atom stereocenters. The molecule has 0 radical (unpaired) electrons. The Labute approximate surface area is 93.0 Å². The smallest absolute Gasteiger partial charge is 0.134 e. The van der Waals surface area contributed by atoms with Crippen molar-refractivity contribution in [1.82, 2.24) is 4.90 Å². The minimum atomic E-state index is 0.478. The van der Waals surface area contributed by atoms with Crippen molar-refractivity contribution in [3.8, 4) is 0 Å². The Bertz CT molecular complexity index is 207. The molecular formula is C13H23NO. The van der Waals surface area contributed by atoms with Gasteiger partial charge in [0.2, 0.25) is 0 Å². The first-order chi connectivity index (χ1) is 7.36. The maximum atomic E-state index is 11.4. The van der Waals surface area contributed by atoms with Gasteiger partial charge in [-0.15, -0.1) is 0 Å². The maximum absolute atomic E-state index is 11.4. The zero-order valence-corrected chi connectivity index (χ0v) is 9.71. The number of carbonyl (C=O) groups is 1. The van der Waals surface area contributed by atoms with Crippen molar-refractivity contribution in [3.05, 3.63) is 0 Å². The summed E-state index contributed by atoms with van der Waals surface area (Å²) in [5.41, 5.74) is 0. The second kappa shape index (κ2) is 5.64. The number of Topliss-reactive ketones (excluding diaryl/α,β-unsaturated/α-hetero) is 1. The summed E-state index contributed by atoms with van der Waals surface area (Å²) in [7, 11) is 0. The Kier molecular flexibility index (Phi) is 4.18. The van der Waals surface area contributed by atoms with E-state index in [1.807, 2.05) is 0 Å². The molecule has 0 aromatic heterocycles. The molecule has 0 spiro atoms. The number of rotatable bonds is 1. The first-order valence-corrected chi connectivity index (χ1v) is 6.62. The Hall–Kier alpha value is -0.370.